The minimum atomic E-state index is -0.939. The molecule has 6 aromatic rings. The maximum atomic E-state index is 11.0. The maximum Gasteiger partial charge on any atom is 0.337 e. The Hall–Kier alpha value is -6.06. The van der Waals surface area contributed by atoms with Crippen molar-refractivity contribution in [3.8, 4) is 45.3 Å². The molecule has 0 saturated carbocycles. The normalized spacial score (nSPS) is 10.0. The third kappa shape index (κ3) is 11.8. The lowest BCUT2D eigenvalue weighted by Gasteiger charge is -2.08. The number of benzene rings is 6. The predicted octanol–water partition coefficient (Wildman–Crippen LogP) is 10.1. The first-order chi connectivity index (χ1) is 25.2. The van der Waals surface area contributed by atoms with Gasteiger partial charge in [0.15, 0.2) is 0 Å². The van der Waals surface area contributed by atoms with Gasteiger partial charge in [-0.15, -0.1) is 0 Å². The third-order valence-electron chi connectivity index (χ3n) is 7.65. The van der Waals surface area contributed by atoms with E-state index in [-0.39, 0.29) is 17.3 Å². The number of methoxy groups -OCH3 is 3. The van der Waals surface area contributed by atoms with Crippen LogP contribution in [-0.4, -0.2) is 43.5 Å². The molecule has 6 aromatic carbocycles. The number of phenols is 1. The molecule has 0 spiro atoms. The van der Waals surface area contributed by atoms with E-state index in [1.807, 2.05) is 103 Å². The number of aromatic carboxylic acids is 1. The number of hydrogen-bond donors (Lipinski definition) is 2. The highest BCUT2D eigenvalue weighted by Crippen LogP contribution is 2.26. The van der Waals surface area contributed by atoms with Crippen molar-refractivity contribution in [2.24, 2.45) is 0 Å². The lowest BCUT2D eigenvalue weighted by atomic mass is 10.1. The second-order valence-electron chi connectivity index (χ2n) is 11.1. The van der Waals surface area contributed by atoms with Gasteiger partial charge in [0, 0.05) is 5.33 Å². The summed E-state index contributed by atoms with van der Waals surface area (Å²) in [6, 6.07) is 44.7. The van der Waals surface area contributed by atoms with Gasteiger partial charge >= 0.3 is 11.9 Å². The van der Waals surface area contributed by atoms with Crippen LogP contribution in [0.5, 0.6) is 23.0 Å². The van der Waals surface area contributed by atoms with Gasteiger partial charge in [-0.25, -0.2) is 9.59 Å². The number of phenolic OH excluding ortho intramolecular Hbond substituents is 1. The van der Waals surface area contributed by atoms with E-state index >= 15 is 0 Å². The van der Waals surface area contributed by atoms with E-state index < -0.39 is 5.97 Å². The minimum Gasteiger partial charge on any atom is -0.508 e. The number of alkyl halides is 1. The van der Waals surface area contributed by atoms with Crippen LogP contribution < -0.4 is 14.2 Å². The number of aromatic hydroxyl groups is 1. The summed E-state index contributed by atoms with van der Waals surface area (Å²) in [6.45, 7) is 0.322. The highest BCUT2D eigenvalue weighted by Gasteiger charge is 2.06. The summed E-state index contributed by atoms with van der Waals surface area (Å²) >= 11 is 3.31. The molecule has 0 unspecified atom stereocenters. The van der Waals surface area contributed by atoms with Gasteiger partial charge in [-0.05, 0) is 106 Å². The largest absolute Gasteiger partial charge is 0.508 e. The summed E-state index contributed by atoms with van der Waals surface area (Å²) in [5.41, 5.74) is 7.11. The molecule has 6 rings (SSSR count). The second-order valence-corrected chi connectivity index (χ2v) is 11.7. The van der Waals surface area contributed by atoms with Crippen molar-refractivity contribution in [1.29, 1.82) is 0 Å². The van der Waals surface area contributed by atoms with E-state index in [0.717, 1.165) is 56.0 Å². The van der Waals surface area contributed by atoms with Gasteiger partial charge in [0.05, 0.1) is 32.5 Å². The Bertz CT molecular complexity index is 2010. The Morgan fingerprint density at radius 1 is 0.558 bits per heavy atom. The van der Waals surface area contributed by atoms with Crippen LogP contribution in [0.4, 0.5) is 0 Å². The number of carbonyl (C=O) groups is 2. The van der Waals surface area contributed by atoms with E-state index in [4.69, 9.17) is 24.4 Å². The Balaban J connectivity index is 0.000000191. The maximum absolute atomic E-state index is 11.0. The van der Waals surface area contributed by atoms with Gasteiger partial charge in [-0.1, -0.05) is 88.7 Å². The molecule has 0 aromatic heterocycles. The smallest absolute Gasteiger partial charge is 0.337 e. The van der Waals surface area contributed by atoms with Gasteiger partial charge in [0.25, 0.3) is 0 Å². The number of carboxylic acid groups (broad SMARTS) is 1. The van der Waals surface area contributed by atoms with Crippen molar-refractivity contribution in [3.05, 3.63) is 168 Å². The number of carboxylic acids is 1. The monoisotopic (exact) mass is 762 g/mol. The highest BCUT2D eigenvalue weighted by molar-refractivity contribution is 9.08. The Kier molecular flexibility index (Phi) is 14.9. The third-order valence-corrected chi connectivity index (χ3v) is 8.30. The van der Waals surface area contributed by atoms with E-state index in [1.165, 1.54) is 7.11 Å². The zero-order chi connectivity index (χ0) is 37.3. The number of ether oxygens (including phenoxy) is 4. The quantitative estimate of drug-likeness (QED) is 0.105. The second kappa shape index (κ2) is 20.0. The van der Waals surface area contributed by atoms with Gasteiger partial charge in [-0.2, -0.15) is 0 Å². The molecule has 0 aliphatic carbocycles. The van der Waals surface area contributed by atoms with Crippen molar-refractivity contribution in [2.75, 3.05) is 21.3 Å². The van der Waals surface area contributed by atoms with Crippen molar-refractivity contribution in [2.45, 2.75) is 11.9 Å². The molecule has 0 fully saturated rings. The summed E-state index contributed by atoms with van der Waals surface area (Å²) < 4.78 is 20.6. The van der Waals surface area contributed by atoms with Crippen molar-refractivity contribution in [3.63, 3.8) is 0 Å². The predicted molar refractivity (Wildman–Crippen MR) is 207 cm³/mol. The average molecular weight is 764 g/mol. The van der Waals surface area contributed by atoms with Crippen molar-refractivity contribution < 1.29 is 38.7 Å². The molecule has 0 atom stereocenters. The fourth-order valence-electron chi connectivity index (χ4n) is 4.82. The van der Waals surface area contributed by atoms with E-state index in [2.05, 4.69) is 20.7 Å². The van der Waals surface area contributed by atoms with E-state index in [1.54, 1.807) is 56.7 Å². The van der Waals surface area contributed by atoms with E-state index in [0.29, 0.717) is 12.2 Å². The molecule has 52 heavy (non-hydrogen) atoms. The van der Waals surface area contributed by atoms with Crippen molar-refractivity contribution >= 4 is 27.9 Å². The standard InChI is InChI=1S/C21H18O4.C13H12O2.C9H9BrO2/c1-24-19-9-5-16(6-10-19)17-7-11-20(12-8-17)25-14-15-3-2-4-18(13-15)21(22)23;1-15-13-8-4-11(5-9-13)10-2-6-12(14)7-3-10;1-12-9(11)8-4-2-3-7(5-8)6-10/h2-13H,14H2,1H3,(H,22,23);2-9,14H,1H3;2-5H,6H2,1H3. The Morgan fingerprint density at radius 2 is 0.981 bits per heavy atom. The Labute approximate surface area is 312 Å². The SMILES string of the molecule is COC(=O)c1cccc(CBr)c1.COc1ccc(-c2ccc(O)cc2)cc1.COc1ccc(-c2ccc(OCc3cccc(C(=O)O)c3)cc2)cc1. The summed E-state index contributed by atoms with van der Waals surface area (Å²) in [5, 5.41) is 18.9. The molecule has 0 saturated heterocycles. The first-order valence-corrected chi connectivity index (χ1v) is 17.2. The molecule has 8 nitrogen and oxygen atoms in total. The van der Waals surface area contributed by atoms with Crippen LogP contribution in [0.25, 0.3) is 22.3 Å². The van der Waals surface area contributed by atoms with Gasteiger partial charge < -0.3 is 29.2 Å². The van der Waals surface area contributed by atoms with Crippen LogP contribution in [0.2, 0.25) is 0 Å². The molecule has 266 valence electrons. The van der Waals surface area contributed by atoms with E-state index in [9.17, 15) is 9.59 Å². The molecule has 0 amide bonds. The van der Waals surface area contributed by atoms with Crippen LogP contribution in [-0.2, 0) is 16.7 Å². The lowest BCUT2D eigenvalue weighted by molar-refractivity contribution is 0.0599. The molecule has 0 bridgehead atoms. The van der Waals surface area contributed by atoms with Gasteiger partial charge in [-0.3, -0.25) is 0 Å². The fourth-order valence-corrected chi connectivity index (χ4v) is 5.17. The summed E-state index contributed by atoms with van der Waals surface area (Å²) in [7, 11) is 4.67. The fraction of sp³-hybridized carbons (Fsp3) is 0.116. The number of halogens is 1. The lowest BCUT2D eigenvalue weighted by Crippen LogP contribution is -2.00. The van der Waals surface area contributed by atoms with Gasteiger partial charge in [0.1, 0.15) is 29.6 Å². The van der Waals surface area contributed by atoms with Gasteiger partial charge in [0.2, 0.25) is 0 Å². The minimum absolute atomic E-state index is 0.260. The first kappa shape index (κ1) is 38.7. The molecule has 0 radical (unpaired) electrons. The van der Waals surface area contributed by atoms with Crippen LogP contribution in [0, 0.1) is 0 Å². The molecular formula is C43H39BrO8. The zero-order valence-electron chi connectivity index (χ0n) is 29.0. The molecule has 0 aliphatic heterocycles. The topological polar surface area (TPSA) is 112 Å². The average Bonchev–Trinajstić information content (AvgIpc) is 3.21. The number of rotatable bonds is 10. The molecule has 0 heterocycles. The summed E-state index contributed by atoms with van der Waals surface area (Å²) in [6.07, 6.45) is 0. The van der Waals surface area contributed by atoms with Crippen LogP contribution in [0.1, 0.15) is 31.8 Å². The number of hydrogen-bond acceptors (Lipinski definition) is 7. The number of esters is 1. The molecule has 9 heteroatoms. The van der Waals surface area contributed by atoms with Crippen molar-refractivity contribution in [1.82, 2.24) is 0 Å². The Morgan fingerprint density at radius 3 is 1.42 bits per heavy atom. The van der Waals surface area contributed by atoms with Crippen LogP contribution >= 0.6 is 15.9 Å². The highest BCUT2D eigenvalue weighted by atomic mass is 79.9. The summed E-state index contributed by atoms with van der Waals surface area (Å²) in [4.78, 5) is 22.0. The zero-order valence-corrected chi connectivity index (χ0v) is 30.6. The number of carbonyl (C=O) groups excluding carboxylic acids is 1. The molecule has 2 N–H and O–H groups in total. The summed E-state index contributed by atoms with van der Waals surface area (Å²) in [5.74, 6) is 1.46. The molecular weight excluding hydrogens is 724 g/mol. The first-order valence-electron chi connectivity index (χ1n) is 16.1. The van der Waals surface area contributed by atoms with Crippen LogP contribution in [0.3, 0.4) is 0 Å². The molecule has 0 aliphatic rings. The van der Waals surface area contributed by atoms with Crippen LogP contribution in [0.15, 0.2) is 146 Å².